The van der Waals surface area contributed by atoms with Crippen LogP contribution in [0.1, 0.15) is 72.5 Å². The molecule has 1 heterocycles. The van der Waals surface area contributed by atoms with Crippen LogP contribution in [0.25, 0.3) is 0 Å². The molecule has 0 aliphatic heterocycles. The van der Waals surface area contributed by atoms with Crippen molar-refractivity contribution >= 4 is 0 Å². The van der Waals surface area contributed by atoms with Gasteiger partial charge in [0.1, 0.15) is 5.76 Å². The van der Waals surface area contributed by atoms with Crippen LogP contribution in [0.15, 0.2) is 57.5 Å². The summed E-state index contributed by atoms with van der Waals surface area (Å²) in [4.78, 5) is 0. The van der Waals surface area contributed by atoms with Crippen LogP contribution in [-0.4, -0.2) is 0 Å². The lowest BCUT2D eigenvalue weighted by atomic mass is 10.0. The first kappa shape index (κ1) is 21.1. The van der Waals surface area contributed by atoms with E-state index in [1.165, 1.54) is 29.7 Å². The van der Waals surface area contributed by atoms with E-state index in [2.05, 4.69) is 52.1 Å². The summed E-state index contributed by atoms with van der Waals surface area (Å²) in [6.07, 6.45) is 11.3. The Kier molecular flexibility index (Phi) is 9.83. The maximum atomic E-state index is 6.30. The minimum absolute atomic E-state index is 0.565. The minimum atomic E-state index is 0.565. The molecule has 1 aromatic rings. The minimum Gasteiger partial charge on any atom is -0.467 e. The highest BCUT2D eigenvalue weighted by atomic mass is 16.3. The van der Waals surface area contributed by atoms with Gasteiger partial charge in [-0.25, -0.2) is 0 Å². The van der Waals surface area contributed by atoms with Crippen LogP contribution >= 0.6 is 0 Å². The second kappa shape index (κ2) is 11.6. The Morgan fingerprint density at radius 3 is 2.64 bits per heavy atom. The largest absolute Gasteiger partial charge is 0.467 e. The van der Waals surface area contributed by atoms with Crippen molar-refractivity contribution in [2.45, 2.75) is 73.3 Å². The molecule has 0 amide bonds. The summed E-state index contributed by atoms with van der Waals surface area (Å²) < 4.78 is 5.44. The quantitative estimate of drug-likeness (QED) is 0.480. The molecule has 0 aliphatic rings. The number of allylic oxidation sites excluding steroid dienone is 4. The fraction of sp³-hybridized carbons (Fsp3) is 0.545. The molecule has 0 aromatic carbocycles. The van der Waals surface area contributed by atoms with Gasteiger partial charge in [0.2, 0.25) is 0 Å². The van der Waals surface area contributed by atoms with Crippen LogP contribution in [0.3, 0.4) is 0 Å². The van der Waals surface area contributed by atoms with E-state index in [-0.39, 0.29) is 0 Å². The van der Waals surface area contributed by atoms with Crippen molar-refractivity contribution in [3.05, 3.63) is 58.8 Å². The Balaban J connectivity index is 2.79. The summed E-state index contributed by atoms with van der Waals surface area (Å²) >= 11 is 0. The summed E-state index contributed by atoms with van der Waals surface area (Å²) in [7, 11) is 0. The van der Waals surface area contributed by atoms with Crippen molar-refractivity contribution < 1.29 is 4.42 Å². The van der Waals surface area contributed by atoms with Crippen molar-refractivity contribution in [1.29, 1.82) is 0 Å². The lowest BCUT2D eigenvalue weighted by molar-refractivity contribution is 0.493. The molecule has 0 radical (unpaired) electrons. The third-order valence-electron chi connectivity index (χ3n) is 4.33. The topological polar surface area (TPSA) is 51.2 Å². The maximum absolute atomic E-state index is 6.30. The average molecular weight is 345 g/mol. The van der Waals surface area contributed by atoms with Crippen molar-refractivity contribution in [1.82, 2.24) is 5.32 Å². The van der Waals surface area contributed by atoms with Crippen molar-refractivity contribution in [3.63, 3.8) is 0 Å². The molecule has 1 rings (SSSR count). The Bertz CT molecular complexity index is 577. The highest BCUT2D eigenvalue weighted by Gasteiger charge is 2.07. The number of unbranched alkanes of at least 4 members (excludes halogenated alkanes) is 1. The van der Waals surface area contributed by atoms with E-state index in [9.17, 15) is 0 Å². The third kappa shape index (κ3) is 8.67. The van der Waals surface area contributed by atoms with Crippen LogP contribution in [0, 0.1) is 5.92 Å². The first-order chi connectivity index (χ1) is 11.9. The van der Waals surface area contributed by atoms with Gasteiger partial charge in [0.05, 0.1) is 12.8 Å². The molecule has 1 aromatic heterocycles. The Morgan fingerprint density at radius 1 is 1.28 bits per heavy atom. The monoisotopic (exact) mass is 344 g/mol. The first-order valence-corrected chi connectivity index (χ1v) is 9.49. The summed E-state index contributed by atoms with van der Waals surface area (Å²) in [5, 5.41) is 3.57. The molecule has 25 heavy (non-hydrogen) atoms. The Hall–Kier alpha value is -1.90. The molecule has 0 bridgehead atoms. The van der Waals surface area contributed by atoms with Gasteiger partial charge in [-0.2, -0.15) is 0 Å². The van der Waals surface area contributed by atoms with Crippen LogP contribution < -0.4 is 11.1 Å². The standard InChI is InChI=1S/C22H36N2O/c1-6-7-11-18(4)22(24-16-20-12-9-14-25-20)15-19(5)21(23)13-8-10-17(2)3/h8-10,12,14,17,24H,6-7,11,13,15-16,23H2,1-5H3/b10-8-,21-19-,22-18-. The number of hydrogen-bond acceptors (Lipinski definition) is 3. The molecule has 0 saturated carbocycles. The van der Waals surface area contributed by atoms with Gasteiger partial charge in [-0.1, -0.05) is 44.9 Å². The molecule has 0 aliphatic carbocycles. The highest BCUT2D eigenvalue weighted by molar-refractivity contribution is 5.22. The zero-order valence-electron chi connectivity index (χ0n) is 16.7. The van der Waals surface area contributed by atoms with Crippen molar-refractivity contribution in [3.8, 4) is 0 Å². The fourth-order valence-electron chi connectivity index (χ4n) is 2.58. The Labute approximate surface area is 154 Å². The van der Waals surface area contributed by atoms with Crippen molar-refractivity contribution in [2.75, 3.05) is 0 Å². The van der Waals surface area contributed by atoms with E-state index in [0.29, 0.717) is 12.5 Å². The number of nitrogens with one attached hydrogen (secondary N) is 1. The maximum Gasteiger partial charge on any atom is 0.122 e. The molecule has 0 fully saturated rings. The molecule has 0 saturated heterocycles. The lowest BCUT2D eigenvalue weighted by Crippen LogP contribution is -2.16. The predicted octanol–water partition coefficient (Wildman–Crippen LogP) is 6.06. The van der Waals surface area contributed by atoms with Gasteiger partial charge in [0.25, 0.3) is 0 Å². The molecule has 0 unspecified atom stereocenters. The molecule has 140 valence electrons. The van der Waals surface area contributed by atoms with E-state index in [1.54, 1.807) is 6.26 Å². The van der Waals surface area contributed by atoms with E-state index in [4.69, 9.17) is 10.2 Å². The van der Waals surface area contributed by atoms with Crippen LogP contribution in [-0.2, 0) is 6.54 Å². The van der Waals surface area contributed by atoms with E-state index < -0.39 is 0 Å². The van der Waals surface area contributed by atoms with Crippen LogP contribution in [0.4, 0.5) is 0 Å². The Morgan fingerprint density at radius 2 is 2.04 bits per heavy atom. The van der Waals surface area contributed by atoms with Gasteiger partial charge in [0.15, 0.2) is 0 Å². The normalized spacial score (nSPS) is 14.0. The number of furan rings is 1. The molecule has 3 N–H and O–H groups in total. The SMILES string of the molecule is CCCC/C(C)=C(/C/C(C)=C(\N)C/C=C\C(C)C)NCc1ccco1. The van der Waals surface area contributed by atoms with E-state index >= 15 is 0 Å². The number of nitrogens with two attached hydrogens (primary N) is 1. The van der Waals surface area contributed by atoms with Gasteiger partial charge in [-0.3, -0.25) is 0 Å². The van der Waals surface area contributed by atoms with Crippen LogP contribution in [0.2, 0.25) is 0 Å². The second-order valence-corrected chi connectivity index (χ2v) is 7.15. The zero-order valence-corrected chi connectivity index (χ0v) is 16.7. The molecule has 3 heteroatoms. The van der Waals surface area contributed by atoms with E-state index in [1.807, 2.05) is 12.1 Å². The lowest BCUT2D eigenvalue weighted by Gasteiger charge is -2.16. The van der Waals surface area contributed by atoms with Gasteiger partial charge < -0.3 is 15.5 Å². The van der Waals surface area contributed by atoms with Crippen LogP contribution in [0.5, 0.6) is 0 Å². The molecule has 0 atom stereocenters. The summed E-state index contributed by atoms with van der Waals surface area (Å²) in [5.41, 5.74) is 11.2. The van der Waals surface area contributed by atoms with E-state index in [0.717, 1.165) is 30.7 Å². The summed E-state index contributed by atoms with van der Waals surface area (Å²) in [5.74, 6) is 1.52. The zero-order chi connectivity index (χ0) is 18.7. The highest BCUT2D eigenvalue weighted by Crippen LogP contribution is 2.20. The van der Waals surface area contributed by atoms with Gasteiger partial charge >= 0.3 is 0 Å². The summed E-state index contributed by atoms with van der Waals surface area (Å²) in [6, 6.07) is 3.92. The smallest absolute Gasteiger partial charge is 0.122 e. The summed E-state index contributed by atoms with van der Waals surface area (Å²) in [6.45, 7) is 11.7. The van der Waals surface area contributed by atoms with Gasteiger partial charge in [-0.05, 0) is 50.3 Å². The molecular weight excluding hydrogens is 308 g/mol. The predicted molar refractivity (Wildman–Crippen MR) is 108 cm³/mol. The molecule has 0 spiro atoms. The first-order valence-electron chi connectivity index (χ1n) is 9.49. The second-order valence-electron chi connectivity index (χ2n) is 7.15. The molecule has 3 nitrogen and oxygen atoms in total. The van der Waals surface area contributed by atoms with Gasteiger partial charge in [0, 0.05) is 24.2 Å². The van der Waals surface area contributed by atoms with Crippen molar-refractivity contribution in [2.24, 2.45) is 11.7 Å². The molecular formula is C22H36N2O. The third-order valence-corrected chi connectivity index (χ3v) is 4.33. The fourth-order valence-corrected chi connectivity index (χ4v) is 2.58. The number of rotatable bonds is 11. The average Bonchev–Trinajstić information content (AvgIpc) is 3.09. The van der Waals surface area contributed by atoms with Gasteiger partial charge in [-0.15, -0.1) is 0 Å². The number of hydrogen-bond donors (Lipinski definition) is 2.